The zero-order chi connectivity index (χ0) is 21.3. The van der Waals surface area contributed by atoms with Crippen molar-refractivity contribution in [2.24, 2.45) is 0 Å². The lowest BCUT2D eigenvalue weighted by molar-refractivity contribution is -0.140. The van der Waals surface area contributed by atoms with E-state index in [1.54, 1.807) is 36.3 Å². The number of Topliss-reactive ketones (excluding diaryl/α,β-unsaturated/α-hetero) is 1. The van der Waals surface area contributed by atoms with Crippen molar-refractivity contribution in [2.75, 3.05) is 20.3 Å². The summed E-state index contributed by atoms with van der Waals surface area (Å²) >= 11 is 0. The highest BCUT2D eigenvalue weighted by atomic mass is 16.5. The number of nitrogens with zero attached hydrogens (tertiary/aromatic N) is 1. The lowest BCUT2D eigenvalue weighted by Crippen LogP contribution is -2.36. The predicted octanol–water partition coefficient (Wildman–Crippen LogP) is 3.60. The third kappa shape index (κ3) is 3.59. The normalized spacial score (nSPS) is 23.2. The predicted molar refractivity (Wildman–Crippen MR) is 112 cm³/mol. The molecule has 0 aliphatic carbocycles. The molecule has 2 atom stereocenters. The molecule has 6 nitrogen and oxygen atoms in total. The topological polar surface area (TPSA) is 76.1 Å². The highest BCUT2D eigenvalue weighted by Crippen LogP contribution is 2.41. The first-order chi connectivity index (χ1) is 14.5. The van der Waals surface area contributed by atoms with Gasteiger partial charge in [0.05, 0.1) is 24.8 Å². The van der Waals surface area contributed by atoms with Crippen LogP contribution in [0.25, 0.3) is 5.76 Å². The monoisotopic (exact) mass is 407 g/mol. The fourth-order valence-corrected chi connectivity index (χ4v) is 4.20. The van der Waals surface area contributed by atoms with Crippen molar-refractivity contribution in [2.45, 2.75) is 31.9 Å². The zero-order valence-electron chi connectivity index (χ0n) is 17.1. The Labute approximate surface area is 175 Å². The summed E-state index contributed by atoms with van der Waals surface area (Å²) in [6, 6.07) is 13.7. The SMILES string of the molecule is COc1ccc(/C(O)=C2/C(=O)C(=O)N(CC3CCCO3)C2c2ccccc2C)cc1. The quantitative estimate of drug-likeness (QED) is 0.466. The number of aryl methyl sites for hydroxylation is 1. The second-order valence-electron chi connectivity index (χ2n) is 7.67. The van der Waals surface area contributed by atoms with Crippen LogP contribution in [0, 0.1) is 6.92 Å². The Bertz CT molecular complexity index is 989. The lowest BCUT2D eigenvalue weighted by atomic mass is 9.92. The number of aliphatic hydroxyl groups is 1. The second kappa shape index (κ2) is 8.32. The number of methoxy groups -OCH3 is 1. The van der Waals surface area contributed by atoms with Gasteiger partial charge < -0.3 is 19.5 Å². The van der Waals surface area contributed by atoms with Crippen molar-refractivity contribution in [1.82, 2.24) is 4.90 Å². The first-order valence-electron chi connectivity index (χ1n) is 10.1. The molecule has 2 heterocycles. The van der Waals surface area contributed by atoms with Crippen LogP contribution in [0.4, 0.5) is 0 Å². The maximum absolute atomic E-state index is 13.0. The van der Waals surface area contributed by atoms with E-state index in [9.17, 15) is 14.7 Å². The molecule has 2 aromatic rings. The first kappa shape index (κ1) is 20.2. The Hall–Kier alpha value is -3.12. The number of hydrogen-bond acceptors (Lipinski definition) is 5. The number of carbonyl (C=O) groups is 2. The number of ketones is 1. The number of ether oxygens (including phenoxy) is 2. The molecular formula is C24H25NO5. The molecule has 156 valence electrons. The van der Waals surface area contributed by atoms with Crippen LogP contribution < -0.4 is 4.74 Å². The van der Waals surface area contributed by atoms with Gasteiger partial charge in [0.2, 0.25) is 0 Å². The highest BCUT2D eigenvalue weighted by Gasteiger charge is 2.47. The number of benzene rings is 2. The minimum atomic E-state index is -0.672. The van der Waals surface area contributed by atoms with Crippen molar-refractivity contribution in [3.05, 3.63) is 70.8 Å². The van der Waals surface area contributed by atoms with Crippen LogP contribution in [0.1, 0.15) is 35.6 Å². The minimum absolute atomic E-state index is 0.101. The highest BCUT2D eigenvalue weighted by molar-refractivity contribution is 6.46. The van der Waals surface area contributed by atoms with Crippen molar-refractivity contribution in [3.8, 4) is 5.75 Å². The Morgan fingerprint density at radius 1 is 1.17 bits per heavy atom. The van der Waals surface area contributed by atoms with Crippen LogP contribution in [0.15, 0.2) is 54.1 Å². The summed E-state index contributed by atoms with van der Waals surface area (Å²) in [5.74, 6) is -0.816. The Morgan fingerprint density at radius 2 is 1.90 bits per heavy atom. The number of aliphatic hydroxyl groups excluding tert-OH is 1. The Balaban J connectivity index is 1.82. The molecule has 2 aliphatic heterocycles. The largest absolute Gasteiger partial charge is 0.507 e. The molecule has 0 bridgehead atoms. The van der Waals surface area contributed by atoms with Gasteiger partial charge in [-0.1, -0.05) is 24.3 Å². The van der Waals surface area contributed by atoms with E-state index in [0.29, 0.717) is 24.5 Å². The van der Waals surface area contributed by atoms with E-state index in [2.05, 4.69) is 0 Å². The maximum atomic E-state index is 13.0. The summed E-state index contributed by atoms with van der Waals surface area (Å²) in [5.41, 5.74) is 2.34. The average Bonchev–Trinajstić information content (AvgIpc) is 3.36. The Morgan fingerprint density at radius 3 is 2.53 bits per heavy atom. The van der Waals surface area contributed by atoms with E-state index in [0.717, 1.165) is 24.0 Å². The molecule has 1 N–H and O–H groups in total. The van der Waals surface area contributed by atoms with Crippen LogP contribution in [-0.4, -0.2) is 48.1 Å². The smallest absolute Gasteiger partial charge is 0.295 e. The van der Waals surface area contributed by atoms with E-state index >= 15 is 0 Å². The molecule has 0 radical (unpaired) electrons. The maximum Gasteiger partial charge on any atom is 0.295 e. The van der Waals surface area contributed by atoms with Crippen molar-refractivity contribution < 1.29 is 24.2 Å². The van der Waals surface area contributed by atoms with E-state index in [1.807, 2.05) is 31.2 Å². The molecule has 2 fully saturated rings. The van der Waals surface area contributed by atoms with Crippen LogP contribution >= 0.6 is 0 Å². The van der Waals surface area contributed by atoms with Gasteiger partial charge in [0.25, 0.3) is 11.7 Å². The molecule has 2 aromatic carbocycles. The molecule has 30 heavy (non-hydrogen) atoms. The molecule has 4 rings (SSSR count). The van der Waals surface area contributed by atoms with E-state index < -0.39 is 17.7 Å². The number of likely N-dealkylation sites (tertiary alicyclic amines) is 1. The van der Waals surface area contributed by atoms with Gasteiger partial charge in [-0.25, -0.2) is 0 Å². The second-order valence-corrected chi connectivity index (χ2v) is 7.67. The van der Waals surface area contributed by atoms with Gasteiger partial charge in [0.1, 0.15) is 11.5 Å². The molecule has 0 saturated carbocycles. The molecule has 2 unspecified atom stereocenters. The first-order valence-corrected chi connectivity index (χ1v) is 10.1. The third-order valence-electron chi connectivity index (χ3n) is 5.81. The number of rotatable bonds is 5. The van der Waals surface area contributed by atoms with E-state index in [1.165, 1.54) is 0 Å². The standard InChI is InChI=1S/C24H25NO5/c1-15-6-3-4-8-19(15)21-20(22(26)16-9-11-17(29-2)12-10-16)23(27)24(28)25(21)14-18-7-5-13-30-18/h3-4,6,8-12,18,21,26H,5,7,13-14H2,1-2H3/b22-20-. The molecule has 2 saturated heterocycles. The number of carbonyl (C=O) groups excluding carboxylic acids is 2. The Kier molecular flexibility index (Phi) is 5.59. The van der Waals surface area contributed by atoms with Gasteiger partial charge in [-0.2, -0.15) is 0 Å². The summed E-state index contributed by atoms with van der Waals surface area (Å²) in [6.07, 6.45) is 1.69. The van der Waals surface area contributed by atoms with Gasteiger partial charge in [-0.3, -0.25) is 9.59 Å². The molecule has 0 aromatic heterocycles. The lowest BCUT2D eigenvalue weighted by Gasteiger charge is -2.28. The summed E-state index contributed by atoms with van der Waals surface area (Å²) in [7, 11) is 1.56. The van der Waals surface area contributed by atoms with Gasteiger partial charge in [-0.15, -0.1) is 0 Å². The molecule has 2 aliphatic rings. The molecule has 1 amide bonds. The third-order valence-corrected chi connectivity index (χ3v) is 5.81. The summed E-state index contributed by atoms with van der Waals surface area (Å²) in [5, 5.41) is 11.1. The minimum Gasteiger partial charge on any atom is -0.507 e. The van der Waals surface area contributed by atoms with Gasteiger partial charge >= 0.3 is 0 Å². The van der Waals surface area contributed by atoms with Crippen LogP contribution in [0.2, 0.25) is 0 Å². The molecular weight excluding hydrogens is 382 g/mol. The van der Waals surface area contributed by atoms with Crippen LogP contribution in [-0.2, 0) is 14.3 Å². The van der Waals surface area contributed by atoms with Crippen LogP contribution in [0.5, 0.6) is 5.75 Å². The molecule has 6 heteroatoms. The summed E-state index contributed by atoms with van der Waals surface area (Å²) < 4.78 is 10.9. The van der Waals surface area contributed by atoms with Crippen molar-refractivity contribution >= 4 is 17.4 Å². The van der Waals surface area contributed by atoms with E-state index in [-0.39, 0.29) is 17.4 Å². The summed E-state index contributed by atoms with van der Waals surface area (Å²) in [4.78, 5) is 27.6. The number of amides is 1. The van der Waals surface area contributed by atoms with Crippen molar-refractivity contribution in [3.63, 3.8) is 0 Å². The van der Waals surface area contributed by atoms with Crippen molar-refractivity contribution in [1.29, 1.82) is 0 Å². The van der Waals surface area contributed by atoms with Crippen LogP contribution in [0.3, 0.4) is 0 Å². The average molecular weight is 407 g/mol. The van der Waals surface area contributed by atoms with Gasteiger partial charge in [0, 0.05) is 18.7 Å². The summed E-state index contributed by atoms with van der Waals surface area (Å²) in [6.45, 7) is 2.92. The molecule has 0 spiro atoms. The van der Waals surface area contributed by atoms with Gasteiger partial charge in [0.15, 0.2) is 0 Å². The fraction of sp³-hybridized carbons (Fsp3) is 0.333. The van der Waals surface area contributed by atoms with Gasteiger partial charge in [-0.05, 0) is 55.2 Å². The van der Waals surface area contributed by atoms with E-state index in [4.69, 9.17) is 9.47 Å². The number of hydrogen-bond donors (Lipinski definition) is 1. The fourth-order valence-electron chi connectivity index (χ4n) is 4.20. The zero-order valence-corrected chi connectivity index (χ0v) is 17.1.